The lowest BCUT2D eigenvalue weighted by Crippen LogP contribution is -2.05. The summed E-state index contributed by atoms with van der Waals surface area (Å²) in [6.45, 7) is 4.00. The van der Waals surface area contributed by atoms with Crippen LogP contribution in [0.3, 0.4) is 0 Å². The van der Waals surface area contributed by atoms with Gasteiger partial charge in [-0.1, -0.05) is 12.1 Å². The number of ether oxygens (including phenoxy) is 1. The standard InChI is InChI=1S/C12H15NO/c1-10(2)14-12-7-3-5-11(9-12)6-4-8-13/h3,5,7,9-10H,4,6H2,1-2H3. The molecule has 0 N–H and O–H groups in total. The van der Waals surface area contributed by atoms with Crippen LogP contribution in [-0.2, 0) is 6.42 Å². The fourth-order valence-corrected chi connectivity index (χ4v) is 1.25. The Bertz CT molecular complexity index is 325. The number of nitrogens with zero attached hydrogens (tertiary/aromatic N) is 1. The van der Waals surface area contributed by atoms with Gasteiger partial charge in [-0.25, -0.2) is 0 Å². The third kappa shape index (κ3) is 3.49. The first-order valence-corrected chi connectivity index (χ1v) is 4.85. The Balaban J connectivity index is 2.65. The smallest absolute Gasteiger partial charge is 0.119 e. The Morgan fingerprint density at radius 1 is 1.43 bits per heavy atom. The summed E-state index contributed by atoms with van der Waals surface area (Å²) in [6, 6.07) is 10.1. The second-order valence-corrected chi connectivity index (χ2v) is 3.47. The second-order valence-electron chi connectivity index (χ2n) is 3.47. The molecule has 2 heteroatoms. The summed E-state index contributed by atoms with van der Waals surface area (Å²) in [5, 5.41) is 8.46. The van der Waals surface area contributed by atoms with Crippen LogP contribution in [-0.4, -0.2) is 6.10 Å². The zero-order valence-electron chi connectivity index (χ0n) is 8.66. The van der Waals surface area contributed by atoms with Crippen LogP contribution in [0.15, 0.2) is 24.3 Å². The highest BCUT2D eigenvalue weighted by atomic mass is 16.5. The van der Waals surface area contributed by atoms with Crippen LogP contribution in [0.25, 0.3) is 0 Å². The lowest BCUT2D eigenvalue weighted by molar-refractivity contribution is 0.242. The van der Waals surface area contributed by atoms with Crippen LogP contribution in [0.5, 0.6) is 5.75 Å². The molecule has 0 atom stereocenters. The van der Waals surface area contributed by atoms with Crippen molar-refractivity contribution in [2.75, 3.05) is 0 Å². The van der Waals surface area contributed by atoms with Crippen molar-refractivity contribution in [2.24, 2.45) is 0 Å². The Kier molecular flexibility index (Phi) is 4.00. The van der Waals surface area contributed by atoms with Gasteiger partial charge in [-0.15, -0.1) is 0 Å². The van der Waals surface area contributed by atoms with Crippen LogP contribution in [0.4, 0.5) is 0 Å². The van der Waals surface area contributed by atoms with E-state index in [4.69, 9.17) is 10.00 Å². The minimum absolute atomic E-state index is 0.196. The van der Waals surface area contributed by atoms with Gasteiger partial charge in [0.05, 0.1) is 12.2 Å². The molecule has 0 bridgehead atoms. The molecule has 74 valence electrons. The first kappa shape index (κ1) is 10.6. The van der Waals surface area contributed by atoms with E-state index in [9.17, 15) is 0 Å². The topological polar surface area (TPSA) is 33.0 Å². The maximum atomic E-state index is 8.46. The average molecular weight is 189 g/mol. The summed E-state index contributed by atoms with van der Waals surface area (Å²) in [6.07, 6.45) is 1.55. The van der Waals surface area contributed by atoms with Crippen molar-refractivity contribution in [1.82, 2.24) is 0 Å². The number of hydrogen-bond donors (Lipinski definition) is 0. The molecule has 0 spiro atoms. The largest absolute Gasteiger partial charge is 0.491 e. The Hall–Kier alpha value is -1.49. The number of hydrogen-bond acceptors (Lipinski definition) is 2. The van der Waals surface area contributed by atoms with Crippen LogP contribution >= 0.6 is 0 Å². The molecule has 0 amide bonds. The molecule has 2 nitrogen and oxygen atoms in total. The van der Waals surface area contributed by atoms with Gasteiger partial charge in [0.15, 0.2) is 0 Å². The van der Waals surface area contributed by atoms with E-state index >= 15 is 0 Å². The number of benzene rings is 1. The lowest BCUT2D eigenvalue weighted by Gasteiger charge is -2.10. The highest BCUT2D eigenvalue weighted by Gasteiger charge is 1.98. The molecule has 0 saturated carbocycles. The van der Waals surface area contributed by atoms with Crippen LogP contribution in [0, 0.1) is 11.3 Å². The van der Waals surface area contributed by atoms with E-state index in [1.807, 2.05) is 38.1 Å². The van der Waals surface area contributed by atoms with Gasteiger partial charge in [-0.2, -0.15) is 5.26 Å². The van der Waals surface area contributed by atoms with Crippen molar-refractivity contribution < 1.29 is 4.74 Å². The normalized spacial score (nSPS) is 9.86. The molecule has 0 unspecified atom stereocenters. The third-order valence-corrected chi connectivity index (χ3v) is 1.80. The van der Waals surface area contributed by atoms with Crippen molar-refractivity contribution in [1.29, 1.82) is 5.26 Å². The van der Waals surface area contributed by atoms with Crippen molar-refractivity contribution in [3.05, 3.63) is 29.8 Å². The monoisotopic (exact) mass is 189 g/mol. The van der Waals surface area contributed by atoms with Crippen LogP contribution in [0.1, 0.15) is 25.8 Å². The van der Waals surface area contributed by atoms with Gasteiger partial charge in [0.2, 0.25) is 0 Å². The summed E-state index contributed by atoms with van der Waals surface area (Å²) < 4.78 is 5.55. The van der Waals surface area contributed by atoms with E-state index in [2.05, 4.69) is 6.07 Å². The Morgan fingerprint density at radius 2 is 2.21 bits per heavy atom. The Morgan fingerprint density at radius 3 is 2.86 bits per heavy atom. The molecule has 0 aliphatic rings. The number of rotatable bonds is 4. The highest BCUT2D eigenvalue weighted by Crippen LogP contribution is 2.15. The molecule has 0 aromatic heterocycles. The minimum Gasteiger partial charge on any atom is -0.491 e. The molecule has 0 fully saturated rings. The van der Waals surface area contributed by atoms with Crippen LogP contribution in [0.2, 0.25) is 0 Å². The molecule has 1 aromatic rings. The first-order chi connectivity index (χ1) is 6.72. The number of aryl methyl sites for hydroxylation is 1. The van der Waals surface area contributed by atoms with Gasteiger partial charge in [-0.3, -0.25) is 0 Å². The fourth-order valence-electron chi connectivity index (χ4n) is 1.25. The molecular weight excluding hydrogens is 174 g/mol. The van der Waals surface area contributed by atoms with Gasteiger partial charge in [0.25, 0.3) is 0 Å². The van der Waals surface area contributed by atoms with E-state index in [0.717, 1.165) is 17.7 Å². The highest BCUT2D eigenvalue weighted by molar-refractivity contribution is 5.28. The summed E-state index contributed by atoms with van der Waals surface area (Å²) >= 11 is 0. The van der Waals surface area contributed by atoms with Crippen molar-refractivity contribution in [2.45, 2.75) is 32.8 Å². The SMILES string of the molecule is CC(C)Oc1cccc(CCC#N)c1. The predicted molar refractivity (Wildman–Crippen MR) is 56.1 cm³/mol. The zero-order valence-corrected chi connectivity index (χ0v) is 8.66. The molecule has 0 aliphatic carbocycles. The molecule has 0 radical (unpaired) electrons. The first-order valence-electron chi connectivity index (χ1n) is 4.85. The van der Waals surface area contributed by atoms with Gasteiger partial charge < -0.3 is 4.74 Å². The van der Waals surface area contributed by atoms with Gasteiger partial charge >= 0.3 is 0 Å². The predicted octanol–water partition coefficient (Wildman–Crippen LogP) is 2.93. The van der Waals surface area contributed by atoms with Crippen molar-refractivity contribution >= 4 is 0 Å². The molecular formula is C12H15NO. The van der Waals surface area contributed by atoms with Crippen molar-refractivity contribution in [3.8, 4) is 11.8 Å². The van der Waals surface area contributed by atoms with E-state index in [1.54, 1.807) is 0 Å². The second kappa shape index (κ2) is 5.29. The maximum absolute atomic E-state index is 8.46. The summed E-state index contributed by atoms with van der Waals surface area (Å²) in [4.78, 5) is 0. The van der Waals surface area contributed by atoms with E-state index in [-0.39, 0.29) is 6.10 Å². The number of nitriles is 1. The quantitative estimate of drug-likeness (QED) is 0.729. The third-order valence-electron chi connectivity index (χ3n) is 1.80. The van der Waals surface area contributed by atoms with Crippen molar-refractivity contribution in [3.63, 3.8) is 0 Å². The molecule has 14 heavy (non-hydrogen) atoms. The van der Waals surface area contributed by atoms with Gasteiger partial charge in [0, 0.05) is 6.42 Å². The van der Waals surface area contributed by atoms with Crippen LogP contribution < -0.4 is 4.74 Å². The molecule has 1 rings (SSSR count). The van der Waals surface area contributed by atoms with E-state index in [1.165, 1.54) is 0 Å². The minimum atomic E-state index is 0.196. The lowest BCUT2D eigenvalue weighted by atomic mass is 10.1. The Labute approximate surface area is 85.1 Å². The fraction of sp³-hybridized carbons (Fsp3) is 0.417. The maximum Gasteiger partial charge on any atom is 0.119 e. The summed E-state index contributed by atoms with van der Waals surface area (Å²) in [7, 11) is 0. The van der Waals surface area contributed by atoms with Gasteiger partial charge in [-0.05, 0) is 38.0 Å². The summed E-state index contributed by atoms with van der Waals surface area (Å²) in [5.41, 5.74) is 1.16. The molecule has 0 aliphatic heterocycles. The van der Waals surface area contributed by atoms with E-state index in [0.29, 0.717) is 6.42 Å². The molecule has 0 saturated heterocycles. The van der Waals surface area contributed by atoms with Gasteiger partial charge in [0.1, 0.15) is 5.75 Å². The summed E-state index contributed by atoms with van der Waals surface area (Å²) in [5.74, 6) is 0.885. The molecule has 0 heterocycles. The molecule has 1 aromatic carbocycles. The van der Waals surface area contributed by atoms with E-state index < -0.39 is 0 Å². The average Bonchev–Trinajstić information content (AvgIpc) is 2.14. The zero-order chi connectivity index (χ0) is 10.4.